The molecular weight excluding hydrogens is 407 g/mol. The first kappa shape index (κ1) is 22.3. The fourth-order valence-electron chi connectivity index (χ4n) is 3.62. The van der Waals surface area contributed by atoms with E-state index in [1.165, 1.54) is 37.5 Å². The summed E-state index contributed by atoms with van der Waals surface area (Å²) in [4.78, 5) is 13.0. The highest BCUT2D eigenvalue weighted by Crippen LogP contribution is 2.29. The summed E-state index contributed by atoms with van der Waals surface area (Å²) < 4.78 is 26.2. The molecule has 0 heterocycles. The maximum Gasteiger partial charge on any atom is 0.244 e. The van der Waals surface area contributed by atoms with Gasteiger partial charge in [-0.25, -0.2) is 8.42 Å². The average molecular weight is 435 g/mol. The Morgan fingerprint density at radius 2 is 1.63 bits per heavy atom. The van der Waals surface area contributed by atoms with Crippen LogP contribution in [0.3, 0.4) is 0 Å². The smallest absolute Gasteiger partial charge is 0.244 e. The lowest BCUT2D eigenvalue weighted by Gasteiger charge is -2.32. The molecule has 0 saturated heterocycles. The number of nitrogens with zero attached hydrogens (tertiary/aromatic N) is 1. The number of amides is 1. The average Bonchev–Trinajstić information content (AvgIpc) is 2.52. The van der Waals surface area contributed by atoms with E-state index in [0.29, 0.717) is 22.2 Å². The van der Waals surface area contributed by atoms with Crippen LogP contribution in [0, 0.1) is 0 Å². The molecule has 152 valence electrons. The summed E-state index contributed by atoms with van der Waals surface area (Å²) in [7, 11) is -3.71. The van der Waals surface area contributed by atoms with Gasteiger partial charge in [0, 0.05) is 16.1 Å². The molecule has 8 heteroatoms. The zero-order valence-corrected chi connectivity index (χ0v) is 18.2. The molecule has 0 spiro atoms. The van der Waals surface area contributed by atoms with Gasteiger partial charge in [-0.05, 0) is 37.5 Å². The van der Waals surface area contributed by atoms with Crippen molar-refractivity contribution in [1.29, 1.82) is 0 Å². The van der Waals surface area contributed by atoms with E-state index in [9.17, 15) is 13.2 Å². The van der Waals surface area contributed by atoms with Crippen molar-refractivity contribution in [2.45, 2.75) is 70.4 Å². The molecule has 5 nitrogen and oxygen atoms in total. The molecule has 1 aliphatic rings. The summed E-state index contributed by atoms with van der Waals surface area (Å²) in [6.07, 6.45) is 9.08. The topological polar surface area (TPSA) is 66.5 Å². The van der Waals surface area contributed by atoms with Crippen LogP contribution in [-0.2, 0) is 14.8 Å². The van der Waals surface area contributed by atoms with Crippen LogP contribution in [-0.4, -0.2) is 32.7 Å². The largest absolute Gasteiger partial charge is 0.352 e. The molecule has 1 aromatic carbocycles. The SMILES string of the molecule is CCC(C(=O)NC1CCCCCCC1)N(c1cc(Cl)cc(Cl)c1)S(C)(=O)=O. The van der Waals surface area contributed by atoms with Crippen molar-refractivity contribution in [1.82, 2.24) is 5.32 Å². The molecule has 1 N–H and O–H groups in total. The van der Waals surface area contributed by atoms with E-state index in [1.807, 2.05) is 0 Å². The summed E-state index contributed by atoms with van der Waals surface area (Å²) in [5.41, 5.74) is 0.301. The van der Waals surface area contributed by atoms with Gasteiger partial charge in [0.05, 0.1) is 11.9 Å². The molecule has 0 bridgehead atoms. The molecule has 0 radical (unpaired) electrons. The Morgan fingerprint density at radius 1 is 1.11 bits per heavy atom. The molecule has 1 unspecified atom stereocenters. The van der Waals surface area contributed by atoms with Crippen LogP contribution in [0.25, 0.3) is 0 Å². The Labute approximate surface area is 172 Å². The standard InChI is InChI=1S/C19H28Cl2N2O3S/c1-3-18(19(24)22-16-9-7-5-4-6-8-10-16)23(27(2,25)26)17-12-14(20)11-15(21)13-17/h11-13,16,18H,3-10H2,1-2H3,(H,22,24). The first-order chi connectivity index (χ1) is 12.7. The van der Waals surface area contributed by atoms with Crippen LogP contribution in [0.5, 0.6) is 0 Å². The highest BCUT2D eigenvalue weighted by Gasteiger charge is 2.32. The molecule has 1 aromatic rings. The van der Waals surface area contributed by atoms with Crippen molar-refractivity contribution >= 4 is 44.8 Å². The number of carbonyl (C=O) groups excluding carboxylic acids is 1. The van der Waals surface area contributed by atoms with Crippen molar-refractivity contribution < 1.29 is 13.2 Å². The molecule has 0 aromatic heterocycles. The van der Waals surface area contributed by atoms with Gasteiger partial charge in [0.25, 0.3) is 0 Å². The van der Waals surface area contributed by atoms with Crippen LogP contribution in [0.15, 0.2) is 18.2 Å². The van der Waals surface area contributed by atoms with Gasteiger partial charge in [-0.15, -0.1) is 0 Å². The number of hydrogen-bond acceptors (Lipinski definition) is 3. The monoisotopic (exact) mass is 434 g/mol. The van der Waals surface area contributed by atoms with Crippen molar-refractivity contribution in [3.63, 3.8) is 0 Å². The quantitative estimate of drug-likeness (QED) is 0.700. The molecule has 1 atom stereocenters. The van der Waals surface area contributed by atoms with Crippen molar-refractivity contribution in [3.8, 4) is 0 Å². The summed E-state index contributed by atoms with van der Waals surface area (Å²) in [5, 5.41) is 3.72. The summed E-state index contributed by atoms with van der Waals surface area (Å²) >= 11 is 12.1. The van der Waals surface area contributed by atoms with E-state index in [-0.39, 0.29) is 11.9 Å². The fraction of sp³-hybridized carbons (Fsp3) is 0.632. The molecule has 1 aliphatic carbocycles. The molecule has 27 heavy (non-hydrogen) atoms. The predicted octanol–water partition coefficient (Wildman–Crippen LogP) is 4.77. The third kappa shape index (κ3) is 6.54. The highest BCUT2D eigenvalue weighted by molar-refractivity contribution is 7.92. The maximum absolute atomic E-state index is 13.0. The number of rotatable bonds is 6. The van der Waals surface area contributed by atoms with Crippen molar-refractivity contribution in [2.24, 2.45) is 0 Å². The molecule has 2 rings (SSSR count). The number of benzene rings is 1. The minimum Gasteiger partial charge on any atom is -0.352 e. The number of nitrogens with one attached hydrogen (secondary N) is 1. The van der Waals surface area contributed by atoms with Crippen LogP contribution < -0.4 is 9.62 Å². The van der Waals surface area contributed by atoms with Crippen LogP contribution >= 0.6 is 23.2 Å². The Balaban J connectivity index is 2.27. The first-order valence-corrected chi connectivity index (χ1v) is 12.1. The van der Waals surface area contributed by atoms with Crippen LogP contribution in [0.4, 0.5) is 5.69 Å². The van der Waals surface area contributed by atoms with E-state index in [1.54, 1.807) is 6.92 Å². The zero-order valence-electron chi connectivity index (χ0n) is 15.9. The first-order valence-electron chi connectivity index (χ1n) is 9.48. The molecule has 1 fully saturated rings. The molecule has 0 aliphatic heterocycles. The maximum atomic E-state index is 13.0. The number of carbonyl (C=O) groups is 1. The van der Waals surface area contributed by atoms with Crippen molar-refractivity contribution in [3.05, 3.63) is 28.2 Å². The van der Waals surface area contributed by atoms with E-state index < -0.39 is 16.1 Å². The lowest BCUT2D eigenvalue weighted by Crippen LogP contribution is -2.51. The van der Waals surface area contributed by atoms with Gasteiger partial charge in [0.2, 0.25) is 15.9 Å². The van der Waals surface area contributed by atoms with Crippen LogP contribution in [0.1, 0.15) is 58.3 Å². The van der Waals surface area contributed by atoms with E-state index >= 15 is 0 Å². The number of anilines is 1. The molecular formula is C19H28Cl2N2O3S. The highest BCUT2D eigenvalue weighted by atomic mass is 35.5. The lowest BCUT2D eigenvalue weighted by molar-refractivity contribution is -0.123. The van der Waals surface area contributed by atoms with E-state index in [2.05, 4.69) is 5.32 Å². The predicted molar refractivity (Wildman–Crippen MR) is 112 cm³/mol. The third-order valence-electron chi connectivity index (χ3n) is 4.88. The second-order valence-electron chi connectivity index (χ2n) is 7.16. The number of hydrogen-bond donors (Lipinski definition) is 1. The fourth-order valence-corrected chi connectivity index (χ4v) is 5.33. The van der Waals surface area contributed by atoms with Gasteiger partial charge >= 0.3 is 0 Å². The summed E-state index contributed by atoms with van der Waals surface area (Å²) in [5.74, 6) is -0.274. The second-order valence-corrected chi connectivity index (χ2v) is 9.89. The minimum absolute atomic E-state index is 0.0937. The second kappa shape index (κ2) is 9.99. The normalized spacial score (nSPS) is 17.6. The van der Waals surface area contributed by atoms with Gasteiger partial charge < -0.3 is 5.32 Å². The van der Waals surface area contributed by atoms with Crippen LogP contribution in [0.2, 0.25) is 10.0 Å². The van der Waals surface area contributed by atoms with Gasteiger partial charge in [-0.1, -0.05) is 62.2 Å². The molecule has 1 amide bonds. The Bertz CT molecular complexity index is 727. The van der Waals surface area contributed by atoms with Crippen molar-refractivity contribution in [2.75, 3.05) is 10.6 Å². The Hall–Kier alpha value is -0.980. The van der Waals surface area contributed by atoms with E-state index in [4.69, 9.17) is 23.2 Å². The van der Waals surface area contributed by atoms with Gasteiger partial charge in [-0.2, -0.15) is 0 Å². The lowest BCUT2D eigenvalue weighted by atomic mass is 9.96. The van der Waals surface area contributed by atoms with Gasteiger partial charge in [-0.3, -0.25) is 9.10 Å². The molecule has 1 saturated carbocycles. The zero-order chi connectivity index (χ0) is 20.0. The van der Waals surface area contributed by atoms with Gasteiger partial charge in [0.15, 0.2) is 0 Å². The van der Waals surface area contributed by atoms with Gasteiger partial charge in [0.1, 0.15) is 6.04 Å². The minimum atomic E-state index is -3.71. The Morgan fingerprint density at radius 3 is 2.11 bits per heavy atom. The Kier molecular flexibility index (Phi) is 8.25. The number of sulfonamides is 1. The summed E-state index contributed by atoms with van der Waals surface area (Å²) in [6.45, 7) is 1.80. The summed E-state index contributed by atoms with van der Waals surface area (Å²) in [6, 6.07) is 3.81. The third-order valence-corrected chi connectivity index (χ3v) is 6.50. The number of halogens is 2. The van der Waals surface area contributed by atoms with E-state index in [0.717, 1.165) is 36.2 Å².